The molecule has 4 nitrogen and oxygen atoms in total. The zero-order valence-corrected chi connectivity index (χ0v) is 13.4. The second kappa shape index (κ2) is 6.47. The number of carbonyl (C=O) groups is 1. The lowest BCUT2D eigenvalue weighted by molar-refractivity contribution is 0.0583. The Hall–Kier alpha value is -1.24. The second-order valence-electron chi connectivity index (χ2n) is 4.91. The van der Waals surface area contributed by atoms with Crippen LogP contribution in [0, 0.1) is 0 Å². The Morgan fingerprint density at radius 3 is 2.75 bits per heavy atom. The minimum absolute atomic E-state index is 0.0457. The molecule has 2 heterocycles. The van der Waals surface area contributed by atoms with Crippen LogP contribution in [-0.2, 0) is 0 Å². The van der Waals surface area contributed by atoms with Crippen LogP contribution in [0.2, 0.25) is 0 Å². The molecule has 0 radical (unpaired) electrons. The van der Waals surface area contributed by atoms with Gasteiger partial charge in [0.25, 0.3) is 5.91 Å². The first-order valence-electron chi connectivity index (χ1n) is 6.47. The summed E-state index contributed by atoms with van der Waals surface area (Å²) in [6.07, 6.45) is 1.09. The van der Waals surface area contributed by atoms with Gasteiger partial charge in [0.05, 0.1) is 17.2 Å². The van der Waals surface area contributed by atoms with Gasteiger partial charge in [0.2, 0.25) is 0 Å². The monoisotopic (exact) mass is 310 g/mol. The van der Waals surface area contributed by atoms with Gasteiger partial charge in [-0.15, -0.1) is 22.7 Å². The van der Waals surface area contributed by atoms with Crippen LogP contribution in [0.4, 0.5) is 0 Å². The van der Waals surface area contributed by atoms with Gasteiger partial charge in [-0.25, -0.2) is 4.98 Å². The highest BCUT2D eigenvalue weighted by molar-refractivity contribution is 7.21. The minimum Gasteiger partial charge on any atom is -0.392 e. The van der Waals surface area contributed by atoms with Crippen molar-refractivity contribution < 1.29 is 9.90 Å². The number of aromatic nitrogens is 1. The third-order valence-corrected chi connectivity index (χ3v) is 4.82. The Kier molecular flexibility index (Phi) is 4.91. The topological polar surface area (TPSA) is 53.4 Å². The lowest BCUT2D eigenvalue weighted by Crippen LogP contribution is -2.41. The zero-order chi connectivity index (χ0) is 14.7. The molecule has 0 aliphatic heterocycles. The summed E-state index contributed by atoms with van der Waals surface area (Å²) in [5.74, 6) is -0.0683. The number of amides is 1. The van der Waals surface area contributed by atoms with Crippen molar-refractivity contribution in [3.8, 4) is 9.88 Å². The van der Waals surface area contributed by atoms with E-state index in [-0.39, 0.29) is 11.9 Å². The van der Waals surface area contributed by atoms with Gasteiger partial charge in [0.15, 0.2) is 0 Å². The maximum atomic E-state index is 12.5. The predicted molar refractivity (Wildman–Crippen MR) is 83.3 cm³/mol. The Labute approximate surface area is 126 Å². The molecule has 0 fully saturated rings. The van der Waals surface area contributed by atoms with Crippen molar-refractivity contribution in [2.24, 2.45) is 0 Å². The third kappa shape index (κ3) is 3.45. The number of thiophene rings is 1. The summed E-state index contributed by atoms with van der Waals surface area (Å²) in [5, 5.41) is 12.4. The summed E-state index contributed by atoms with van der Waals surface area (Å²) >= 11 is 3.01. The molecule has 0 bridgehead atoms. The molecule has 6 heteroatoms. The summed E-state index contributed by atoms with van der Waals surface area (Å²) in [7, 11) is 0. The minimum atomic E-state index is -0.536. The SMILES string of the molecule is CC(O)CN(C(=O)c1cnc(-c2cccs2)s1)C(C)C. The van der Waals surface area contributed by atoms with E-state index in [9.17, 15) is 9.90 Å². The van der Waals surface area contributed by atoms with Crippen LogP contribution in [0.15, 0.2) is 23.7 Å². The van der Waals surface area contributed by atoms with E-state index >= 15 is 0 Å². The Morgan fingerprint density at radius 1 is 1.45 bits per heavy atom. The van der Waals surface area contributed by atoms with Gasteiger partial charge in [-0.3, -0.25) is 4.79 Å². The molecular formula is C14H18N2O2S2. The van der Waals surface area contributed by atoms with Gasteiger partial charge in [-0.05, 0) is 32.2 Å². The number of carbonyl (C=O) groups excluding carboxylic acids is 1. The molecule has 1 unspecified atom stereocenters. The lowest BCUT2D eigenvalue weighted by atomic mass is 10.2. The van der Waals surface area contributed by atoms with E-state index in [2.05, 4.69) is 4.98 Å². The number of aliphatic hydroxyl groups excluding tert-OH is 1. The van der Waals surface area contributed by atoms with Crippen molar-refractivity contribution >= 4 is 28.6 Å². The normalized spacial score (nSPS) is 12.7. The van der Waals surface area contributed by atoms with Crippen molar-refractivity contribution in [1.29, 1.82) is 0 Å². The van der Waals surface area contributed by atoms with E-state index < -0.39 is 6.10 Å². The van der Waals surface area contributed by atoms with Gasteiger partial charge >= 0.3 is 0 Å². The number of aliphatic hydroxyl groups is 1. The standard InChI is InChI=1S/C14H18N2O2S2/c1-9(2)16(8-10(3)17)14(18)12-7-15-13(20-12)11-5-4-6-19-11/h4-7,9-10,17H,8H2,1-3H3. The Balaban J connectivity index is 2.19. The van der Waals surface area contributed by atoms with Crippen LogP contribution in [-0.4, -0.2) is 39.6 Å². The molecule has 0 saturated carbocycles. The summed E-state index contributed by atoms with van der Waals surface area (Å²) in [4.78, 5) is 20.2. The summed E-state index contributed by atoms with van der Waals surface area (Å²) in [5.41, 5.74) is 0. The first-order valence-corrected chi connectivity index (χ1v) is 8.17. The zero-order valence-electron chi connectivity index (χ0n) is 11.7. The van der Waals surface area contributed by atoms with Crippen molar-refractivity contribution in [3.05, 3.63) is 28.6 Å². The largest absolute Gasteiger partial charge is 0.392 e. The van der Waals surface area contributed by atoms with E-state index in [0.717, 1.165) is 9.88 Å². The summed E-state index contributed by atoms with van der Waals surface area (Å²) in [6.45, 7) is 5.91. The van der Waals surface area contributed by atoms with Gasteiger partial charge < -0.3 is 10.0 Å². The van der Waals surface area contributed by atoms with Crippen molar-refractivity contribution in [2.45, 2.75) is 32.9 Å². The van der Waals surface area contributed by atoms with Crippen LogP contribution >= 0.6 is 22.7 Å². The van der Waals surface area contributed by atoms with E-state index in [1.165, 1.54) is 11.3 Å². The van der Waals surface area contributed by atoms with E-state index in [4.69, 9.17) is 0 Å². The fourth-order valence-electron chi connectivity index (χ4n) is 1.84. The molecule has 20 heavy (non-hydrogen) atoms. The fraction of sp³-hybridized carbons (Fsp3) is 0.429. The molecule has 2 aromatic rings. The first kappa shape index (κ1) is 15.2. The maximum Gasteiger partial charge on any atom is 0.265 e. The van der Waals surface area contributed by atoms with Crippen LogP contribution < -0.4 is 0 Å². The molecule has 1 amide bonds. The molecule has 1 N–H and O–H groups in total. The fourth-order valence-corrected chi connectivity index (χ4v) is 3.52. The molecule has 0 aromatic carbocycles. The van der Waals surface area contributed by atoms with Crippen LogP contribution in [0.25, 0.3) is 9.88 Å². The third-order valence-electron chi connectivity index (χ3n) is 2.79. The number of thiazole rings is 1. The summed E-state index contributed by atoms with van der Waals surface area (Å²) in [6, 6.07) is 4.01. The van der Waals surface area contributed by atoms with Crippen molar-refractivity contribution in [2.75, 3.05) is 6.54 Å². The Bertz CT molecular complexity index is 562. The quantitative estimate of drug-likeness (QED) is 0.923. The number of hydrogen-bond donors (Lipinski definition) is 1. The van der Waals surface area contributed by atoms with Crippen molar-refractivity contribution in [1.82, 2.24) is 9.88 Å². The average Bonchev–Trinajstić information content (AvgIpc) is 3.04. The van der Waals surface area contributed by atoms with E-state index in [1.807, 2.05) is 31.4 Å². The molecule has 108 valence electrons. The highest BCUT2D eigenvalue weighted by Crippen LogP contribution is 2.29. The Morgan fingerprint density at radius 2 is 2.20 bits per heavy atom. The van der Waals surface area contributed by atoms with Gasteiger partial charge in [-0.1, -0.05) is 6.07 Å². The smallest absolute Gasteiger partial charge is 0.265 e. The molecule has 2 rings (SSSR count). The molecule has 0 aliphatic rings. The maximum absolute atomic E-state index is 12.5. The van der Waals surface area contributed by atoms with Gasteiger partial charge in [-0.2, -0.15) is 0 Å². The van der Waals surface area contributed by atoms with Crippen LogP contribution in [0.5, 0.6) is 0 Å². The van der Waals surface area contributed by atoms with E-state index in [1.54, 1.807) is 29.4 Å². The summed E-state index contributed by atoms with van der Waals surface area (Å²) < 4.78 is 0. The molecule has 1 atom stereocenters. The first-order chi connectivity index (χ1) is 9.49. The molecular weight excluding hydrogens is 292 g/mol. The van der Waals surface area contributed by atoms with Gasteiger partial charge in [0.1, 0.15) is 9.88 Å². The molecule has 0 saturated heterocycles. The lowest BCUT2D eigenvalue weighted by Gasteiger charge is -2.27. The highest BCUT2D eigenvalue weighted by Gasteiger charge is 2.22. The molecule has 0 spiro atoms. The van der Waals surface area contributed by atoms with Crippen LogP contribution in [0.3, 0.4) is 0 Å². The van der Waals surface area contributed by atoms with Crippen molar-refractivity contribution in [3.63, 3.8) is 0 Å². The number of nitrogens with zero attached hydrogens (tertiary/aromatic N) is 2. The van der Waals surface area contributed by atoms with E-state index in [0.29, 0.717) is 11.4 Å². The highest BCUT2D eigenvalue weighted by atomic mass is 32.1. The number of hydrogen-bond acceptors (Lipinski definition) is 5. The van der Waals surface area contributed by atoms with Gasteiger partial charge in [0, 0.05) is 12.6 Å². The second-order valence-corrected chi connectivity index (χ2v) is 6.89. The van der Waals surface area contributed by atoms with Crippen LogP contribution in [0.1, 0.15) is 30.4 Å². The number of rotatable bonds is 5. The molecule has 2 aromatic heterocycles. The predicted octanol–water partition coefficient (Wildman–Crippen LogP) is 3.10. The molecule has 0 aliphatic carbocycles. The average molecular weight is 310 g/mol.